The Kier molecular flexibility index (Phi) is 5.22. The van der Waals surface area contributed by atoms with Crippen molar-refractivity contribution in [3.63, 3.8) is 0 Å². The lowest BCUT2D eigenvalue weighted by atomic mass is 10.2. The molecule has 2 heterocycles. The molecular formula is C17H16N4O2S. The minimum absolute atomic E-state index is 0.186. The van der Waals surface area contributed by atoms with E-state index in [0.717, 1.165) is 11.3 Å². The molecule has 1 aromatic carbocycles. The van der Waals surface area contributed by atoms with Gasteiger partial charge >= 0.3 is 5.97 Å². The van der Waals surface area contributed by atoms with Crippen molar-refractivity contribution in [3.8, 4) is 17.1 Å². The third-order valence-electron chi connectivity index (χ3n) is 3.19. The zero-order valence-corrected chi connectivity index (χ0v) is 13.9. The zero-order valence-electron chi connectivity index (χ0n) is 13.1. The van der Waals surface area contributed by atoms with Gasteiger partial charge in [-0.3, -0.25) is 14.3 Å². The second-order valence-electron chi connectivity index (χ2n) is 4.81. The van der Waals surface area contributed by atoms with Crippen LogP contribution in [-0.4, -0.2) is 38.1 Å². The molecule has 0 bridgehead atoms. The summed E-state index contributed by atoms with van der Waals surface area (Å²) in [6, 6.07) is 13.6. The Hall–Kier alpha value is -2.67. The predicted molar refractivity (Wildman–Crippen MR) is 91.9 cm³/mol. The van der Waals surface area contributed by atoms with Gasteiger partial charge in [-0.25, -0.2) is 0 Å². The summed E-state index contributed by atoms with van der Waals surface area (Å²) >= 11 is 1.30. The first kappa shape index (κ1) is 16.2. The summed E-state index contributed by atoms with van der Waals surface area (Å²) in [6.07, 6.45) is 3.45. The van der Waals surface area contributed by atoms with Crippen LogP contribution in [0.3, 0.4) is 0 Å². The number of benzene rings is 1. The lowest BCUT2D eigenvalue weighted by Gasteiger charge is -2.09. The van der Waals surface area contributed by atoms with E-state index < -0.39 is 0 Å². The molecule has 122 valence electrons. The maximum atomic E-state index is 11.6. The summed E-state index contributed by atoms with van der Waals surface area (Å²) in [6.45, 7) is 2.15. The largest absolute Gasteiger partial charge is 0.465 e. The summed E-state index contributed by atoms with van der Waals surface area (Å²) in [7, 11) is 0. The number of hydrogen-bond acceptors (Lipinski definition) is 6. The van der Waals surface area contributed by atoms with Gasteiger partial charge in [-0.15, -0.1) is 10.2 Å². The van der Waals surface area contributed by atoms with Gasteiger partial charge in [-0.2, -0.15) is 0 Å². The predicted octanol–water partition coefficient (Wildman–Crippen LogP) is 2.98. The number of pyridine rings is 1. The van der Waals surface area contributed by atoms with E-state index in [9.17, 15) is 4.79 Å². The Morgan fingerprint density at radius 2 is 2.00 bits per heavy atom. The highest BCUT2D eigenvalue weighted by molar-refractivity contribution is 7.99. The number of thioether (sulfide) groups is 1. The number of carbonyl (C=O) groups is 1. The van der Waals surface area contributed by atoms with E-state index in [1.165, 1.54) is 11.8 Å². The van der Waals surface area contributed by atoms with E-state index in [2.05, 4.69) is 15.2 Å². The van der Waals surface area contributed by atoms with Gasteiger partial charge in [0.1, 0.15) is 0 Å². The van der Waals surface area contributed by atoms with Crippen LogP contribution in [0.4, 0.5) is 0 Å². The number of rotatable bonds is 6. The van der Waals surface area contributed by atoms with Crippen LogP contribution in [0.25, 0.3) is 17.1 Å². The Morgan fingerprint density at radius 1 is 1.17 bits per heavy atom. The van der Waals surface area contributed by atoms with Gasteiger partial charge in [0.25, 0.3) is 0 Å². The van der Waals surface area contributed by atoms with Crippen molar-refractivity contribution in [1.29, 1.82) is 0 Å². The number of nitrogens with zero attached hydrogens (tertiary/aromatic N) is 4. The van der Waals surface area contributed by atoms with Crippen LogP contribution in [0.1, 0.15) is 6.92 Å². The number of hydrogen-bond donors (Lipinski definition) is 0. The summed E-state index contributed by atoms with van der Waals surface area (Å²) in [5.74, 6) is 0.597. The molecule has 7 heteroatoms. The maximum Gasteiger partial charge on any atom is 0.316 e. The molecule has 2 aromatic heterocycles. The number of ether oxygens (including phenoxy) is 1. The van der Waals surface area contributed by atoms with Crippen molar-refractivity contribution < 1.29 is 9.53 Å². The van der Waals surface area contributed by atoms with Crippen molar-refractivity contribution in [2.24, 2.45) is 0 Å². The van der Waals surface area contributed by atoms with Crippen LogP contribution in [-0.2, 0) is 9.53 Å². The highest BCUT2D eigenvalue weighted by Crippen LogP contribution is 2.27. The molecule has 0 N–H and O–H groups in total. The summed E-state index contributed by atoms with van der Waals surface area (Å²) in [5.41, 5.74) is 1.78. The third kappa shape index (κ3) is 3.62. The quantitative estimate of drug-likeness (QED) is 0.507. The normalized spacial score (nSPS) is 10.5. The summed E-state index contributed by atoms with van der Waals surface area (Å²) < 4.78 is 6.89. The Labute approximate surface area is 143 Å². The second kappa shape index (κ2) is 7.74. The molecule has 0 aliphatic carbocycles. The van der Waals surface area contributed by atoms with Crippen LogP contribution < -0.4 is 0 Å². The first-order valence-electron chi connectivity index (χ1n) is 7.49. The molecule has 6 nitrogen and oxygen atoms in total. The van der Waals surface area contributed by atoms with Gasteiger partial charge in [-0.05, 0) is 31.2 Å². The highest BCUT2D eigenvalue weighted by atomic mass is 32.2. The van der Waals surface area contributed by atoms with Gasteiger partial charge in [0, 0.05) is 23.6 Å². The fourth-order valence-corrected chi connectivity index (χ4v) is 2.93. The molecule has 0 saturated heterocycles. The molecule has 0 unspecified atom stereocenters. The minimum atomic E-state index is -0.270. The van der Waals surface area contributed by atoms with Crippen molar-refractivity contribution in [1.82, 2.24) is 19.7 Å². The number of para-hydroxylation sites is 1. The van der Waals surface area contributed by atoms with Crippen molar-refractivity contribution in [2.75, 3.05) is 12.4 Å². The van der Waals surface area contributed by atoms with E-state index in [1.807, 2.05) is 47.0 Å². The molecule has 0 fully saturated rings. The van der Waals surface area contributed by atoms with Crippen LogP contribution in [0.5, 0.6) is 0 Å². The SMILES string of the molecule is CCOC(=O)CSc1nnc(-c2cccnc2)n1-c1ccccc1. The van der Waals surface area contributed by atoms with E-state index in [4.69, 9.17) is 4.74 Å². The first-order valence-corrected chi connectivity index (χ1v) is 8.48. The van der Waals surface area contributed by atoms with Crippen LogP contribution in [0.15, 0.2) is 60.0 Å². The molecule has 3 aromatic rings. The van der Waals surface area contributed by atoms with E-state index in [1.54, 1.807) is 19.3 Å². The maximum absolute atomic E-state index is 11.6. The lowest BCUT2D eigenvalue weighted by Crippen LogP contribution is -2.08. The number of aromatic nitrogens is 4. The molecule has 0 aliphatic heterocycles. The summed E-state index contributed by atoms with van der Waals surface area (Å²) in [4.78, 5) is 15.8. The average molecular weight is 340 g/mol. The van der Waals surface area contributed by atoms with Gasteiger partial charge in [0.15, 0.2) is 11.0 Å². The zero-order chi connectivity index (χ0) is 16.8. The van der Waals surface area contributed by atoms with E-state index in [-0.39, 0.29) is 11.7 Å². The number of carbonyl (C=O) groups excluding carboxylic acids is 1. The first-order chi connectivity index (χ1) is 11.8. The third-order valence-corrected chi connectivity index (χ3v) is 4.09. The van der Waals surface area contributed by atoms with Crippen LogP contribution in [0, 0.1) is 0 Å². The van der Waals surface area contributed by atoms with E-state index in [0.29, 0.717) is 17.6 Å². The van der Waals surface area contributed by atoms with Gasteiger partial charge < -0.3 is 4.74 Å². The Morgan fingerprint density at radius 3 is 2.71 bits per heavy atom. The molecule has 0 saturated carbocycles. The van der Waals surface area contributed by atoms with Gasteiger partial charge in [0.2, 0.25) is 0 Å². The molecule has 0 spiro atoms. The molecule has 24 heavy (non-hydrogen) atoms. The standard InChI is InChI=1S/C17H16N4O2S/c1-2-23-15(22)12-24-17-20-19-16(13-7-6-10-18-11-13)21(17)14-8-4-3-5-9-14/h3-11H,2,12H2,1H3. The molecule has 0 aliphatic rings. The molecule has 3 rings (SSSR count). The van der Waals surface area contributed by atoms with Crippen molar-refractivity contribution in [3.05, 3.63) is 54.9 Å². The summed E-state index contributed by atoms with van der Waals surface area (Å²) in [5, 5.41) is 9.16. The molecule has 0 atom stereocenters. The van der Waals surface area contributed by atoms with Crippen LogP contribution >= 0.6 is 11.8 Å². The second-order valence-corrected chi connectivity index (χ2v) is 5.76. The van der Waals surface area contributed by atoms with Gasteiger partial charge in [-0.1, -0.05) is 30.0 Å². The smallest absolute Gasteiger partial charge is 0.316 e. The minimum Gasteiger partial charge on any atom is -0.465 e. The topological polar surface area (TPSA) is 69.9 Å². The molecular weight excluding hydrogens is 324 g/mol. The van der Waals surface area contributed by atoms with E-state index >= 15 is 0 Å². The van der Waals surface area contributed by atoms with Crippen molar-refractivity contribution in [2.45, 2.75) is 12.1 Å². The van der Waals surface area contributed by atoms with Gasteiger partial charge in [0.05, 0.1) is 12.4 Å². The Bertz CT molecular complexity index is 806. The number of esters is 1. The van der Waals surface area contributed by atoms with Crippen molar-refractivity contribution >= 4 is 17.7 Å². The fraction of sp³-hybridized carbons (Fsp3) is 0.176. The Balaban J connectivity index is 1.98. The fourth-order valence-electron chi connectivity index (χ4n) is 2.18. The molecule has 0 radical (unpaired) electrons. The highest BCUT2D eigenvalue weighted by Gasteiger charge is 2.17. The average Bonchev–Trinajstić information content (AvgIpc) is 3.06. The van der Waals surface area contributed by atoms with Crippen LogP contribution in [0.2, 0.25) is 0 Å². The monoisotopic (exact) mass is 340 g/mol. The lowest BCUT2D eigenvalue weighted by molar-refractivity contribution is -0.139. The molecule has 0 amide bonds.